The Morgan fingerprint density at radius 2 is 1.77 bits per heavy atom. The van der Waals surface area contributed by atoms with E-state index < -0.39 is 0 Å². The van der Waals surface area contributed by atoms with Crippen LogP contribution in [0.15, 0.2) is 53.3 Å². The Morgan fingerprint density at radius 3 is 2.50 bits per heavy atom. The van der Waals surface area contributed by atoms with E-state index in [4.69, 9.17) is 4.98 Å². The van der Waals surface area contributed by atoms with E-state index in [2.05, 4.69) is 41.9 Å². The third kappa shape index (κ3) is 3.20. The van der Waals surface area contributed by atoms with Gasteiger partial charge in [-0.1, -0.05) is 48.5 Å². The molecule has 132 valence electrons. The van der Waals surface area contributed by atoms with Gasteiger partial charge in [-0.15, -0.1) is 0 Å². The second kappa shape index (κ2) is 6.89. The van der Waals surface area contributed by atoms with Crippen molar-refractivity contribution >= 4 is 0 Å². The number of aromatic amines is 1. The molecule has 1 aliphatic heterocycles. The third-order valence-corrected chi connectivity index (χ3v) is 5.23. The maximum atomic E-state index is 12.5. The highest BCUT2D eigenvalue weighted by molar-refractivity contribution is 5.54. The lowest BCUT2D eigenvalue weighted by molar-refractivity contribution is 0.239. The second-order valence-corrected chi connectivity index (χ2v) is 7.04. The van der Waals surface area contributed by atoms with Crippen molar-refractivity contribution in [3.05, 3.63) is 86.8 Å². The van der Waals surface area contributed by atoms with Crippen LogP contribution >= 0.6 is 0 Å². The van der Waals surface area contributed by atoms with E-state index in [0.717, 1.165) is 36.3 Å². The fourth-order valence-corrected chi connectivity index (χ4v) is 3.68. The zero-order chi connectivity index (χ0) is 18.1. The first kappa shape index (κ1) is 16.7. The van der Waals surface area contributed by atoms with Crippen LogP contribution < -0.4 is 5.56 Å². The first-order chi connectivity index (χ1) is 12.6. The number of nitrogens with zero attached hydrogens (tertiary/aromatic N) is 2. The van der Waals surface area contributed by atoms with Crippen LogP contribution in [0.1, 0.15) is 27.9 Å². The van der Waals surface area contributed by atoms with Crippen LogP contribution in [0.5, 0.6) is 0 Å². The molecule has 2 heterocycles. The van der Waals surface area contributed by atoms with E-state index in [1.165, 1.54) is 16.7 Å². The van der Waals surface area contributed by atoms with Gasteiger partial charge >= 0.3 is 0 Å². The summed E-state index contributed by atoms with van der Waals surface area (Å²) in [6, 6.07) is 16.3. The van der Waals surface area contributed by atoms with Gasteiger partial charge in [-0.05, 0) is 37.0 Å². The average Bonchev–Trinajstić information content (AvgIpc) is 2.65. The molecule has 4 rings (SSSR count). The molecule has 0 aliphatic carbocycles. The number of hydrogen-bond acceptors (Lipinski definition) is 3. The van der Waals surface area contributed by atoms with Gasteiger partial charge in [-0.2, -0.15) is 0 Å². The zero-order valence-electron chi connectivity index (χ0n) is 15.2. The Bertz CT molecular complexity index is 972. The molecule has 0 saturated carbocycles. The summed E-state index contributed by atoms with van der Waals surface area (Å²) >= 11 is 0. The quantitative estimate of drug-likeness (QED) is 0.789. The fraction of sp³-hybridized carbons (Fsp3) is 0.273. The molecular weight excluding hydrogens is 322 g/mol. The minimum absolute atomic E-state index is 0.000533. The van der Waals surface area contributed by atoms with E-state index in [1.54, 1.807) is 0 Å². The minimum Gasteiger partial charge on any atom is -0.306 e. The highest BCUT2D eigenvalue weighted by Gasteiger charge is 2.22. The molecule has 2 aromatic carbocycles. The van der Waals surface area contributed by atoms with Gasteiger partial charge in [-0.25, -0.2) is 4.98 Å². The van der Waals surface area contributed by atoms with E-state index in [9.17, 15) is 4.79 Å². The van der Waals surface area contributed by atoms with Gasteiger partial charge < -0.3 is 4.98 Å². The van der Waals surface area contributed by atoms with E-state index in [0.29, 0.717) is 12.4 Å². The fourth-order valence-electron chi connectivity index (χ4n) is 3.68. The monoisotopic (exact) mass is 345 g/mol. The number of H-pyrrole nitrogens is 1. The van der Waals surface area contributed by atoms with Crippen LogP contribution in [0.2, 0.25) is 0 Å². The van der Waals surface area contributed by atoms with E-state index in [-0.39, 0.29) is 5.56 Å². The van der Waals surface area contributed by atoms with Gasteiger partial charge in [0.15, 0.2) is 0 Å². The minimum atomic E-state index is 0.000533. The molecular formula is C22H23N3O. The summed E-state index contributed by atoms with van der Waals surface area (Å²) < 4.78 is 0. The number of aryl methyl sites for hydroxylation is 2. The van der Waals surface area contributed by atoms with Crippen molar-refractivity contribution in [2.75, 3.05) is 6.54 Å². The van der Waals surface area contributed by atoms with E-state index >= 15 is 0 Å². The molecule has 0 amide bonds. The molecule has 4 heteroatoms. The van der Waals surface area contributed by atoms with Crippen molar-refractivity contribution < 1.29 is 0 Å². The van der Waals surface area contributed by atoms with Crippen LogP contribution in [0.4, 0.5) is 0 Å². The second-order valence-electron chi connectivity index (χ2n) is 7.04. The highest BCUT2D eigenvalue weighted by Crippen LogP contribution is 2.22. The molecule has 3 aromatic rings. The first-order valence-electron chi connectivity index (χ1n) is 9.07. The van der Waals surface area contributed by atoms with Crippen LogP contribution in [-0.2, 0) is 19.5 Å². The Hall–Kier alpha value is -2.72. The maximum Gasteiger partial charge on any atom is 0.254 e. The molecule has 0 saturated heterocycles. The maximum absolute atomic E-state index is 12.5. The number of benzene rings is 2. The lowest BCUT2D eigenvalue weighted by atomic mass is 10.0. The summed E-state index contributed by atoms with van der Waals surface area (Å²) in [6.07, 6.45) is 0.748. The molecule has 0 unspecified atom stereocenters. The largest absolute Gasteiger partial charge is 0.306 e. The zero-order valence-corrected chi connectivity index (χ0v) is 15.2. The van der Waals surface area contributed by atoms with Gasteiger partial charge in [0.2, 0.25) is 0 Å². The molecule has 0 radical (unpaired) electrons. The topological polar surface area (TPSA) is 49.0 Å². The molecule has 0 fully saturated rings. The van der Waals surface area contributed by atoms with E-state index in [1.807, 2.05) is 30.3 Å². The van der Waals surface area contributed by atoms with Crippen molar-refractivity contribution in [3.8, 4) is 11.4 Å². The summed E-state index contributed by atoms with van der Waals surface area (Å²) in [7, 11) is 0. The summed E-state index contributed by atoms with van der Waals surface area (Å²) in [4.78, 5) is 22.6. The number of fused-ring (bicyclic) bond motifs is 1. The van der Waals surface area contributed by atoms with Gasteiger partial charge in [-0.3, -0.25) is 9.69 Å². The van der Waals surface area contributed by atoms with Gasteiger partial charge in [0.25, 0.3) is 5.56 Å². The normalized spacial score (nSPS) is 14.2. The molecule has 1 aromatic heterocycles. The Labute approximate surface area is 153 Å². The summed E-state index contributed by atoms with van der Waals surface area (Å²) in [5, 5.41) is 0. The summed E-state index contributed by atoms with van der Waals surface area (Å²) in [6.45, 7) is 6.82. The Morgan fingerprint density at radius 1 is 1.04 bits per heavy atom. The molecule has 1 aliphatic rings. The van der Waals surface area contributed by atoms with Crippen LogP contribution in [0, 0.1) is 13.8 Å². The van der Waals surface area contributed by atoms with Gasteiger partial charge in [0.1, 0.15) is 5.82 Å². The van der Waals surface area contributed by atoms with Crippen LogP contribution in [0.25, 0.3) is 11.4 Å². The number of rotatable bonds is 3. The SMILES string of the molecule is Cc1cccc(C)c1CN1CCc2c(nc(-c3ccccc3)[nH]c2=O)C1. The van der Waals surface area contributed by atoms with Crippen LogP contribution in [0.3, 0.4) is 0 Å². The number of hydrogen-bond donors (Lipinski definition) is 1. The van der Waals surface area contributed by atoms with Crippen molar-refractivity contribution in [2.45, 2.75) is 33.4 Å². The number of aromatic nitrogens is 2. The smallest absolute Gasteiger partial charge is 0.254 e. The first-order valence-corrected chi connectivity index (χ1v) is 9.07. The van der Waals surface area contributed by atoms with Crippen molar-refractivity contribution in [1.29, 1.82) is 0 Å². The van der Waals surface area contributed by atoms with Crippen molar-refractivity contribution in [2.24, 2.45) is 0 Å². The van der Waals surface area contributed by atoms with Crippen molar-refractivity contribution in [1.82, 2.24) is 14.9 Å². The predicted molar refractivity (Wildman–Crippen MR) is 104 cm³/mol. The van der Waals surface area contributed by atoms with Crippen LogP contribution in [-0.4, -0.2) is 21.4 Å². The molecule has 4 nitrogen and oxygen atoms in total. The highest BCUT2D eigenvalue weighted by atomic mass is 16.1. The molecule has 0 spiro atoms. The Kier molecular flexibility index (Phi) is 4.43. The molecule has 0 bridgehead atoms. The summed E-state index contributed by atoms with van der Waals surface area (Å²) in [5.41, 5.74) is 6.70. The standard InChI is InChI=1S/C22H23N3O/c1-15-7-6-8-16(2)19(15)13-25-12-11-18-20(14-25)23-21(24-22(18)26)17-9-4-3-5-10-17/h3-10H,11-14H2,1-2H3,(H,23,24,26). The van der Waals surface area contributed by atoms with Gasteiger partial charge in [0.05, 0.1) is 5.69 Å². The molecule has 1 N–H and O–H groups in total. The molecule has 0 atom stereocenters. The Balaban J connectivity index is 1.64. The lowest BCUT2D eigenvalue weighted by Crippen LogP contribution is -2.35. The van der Waals surface area contributed by atoms with Crippen molar-refractivity contribution in [3.63, 3.8) is 0 Å². The molecule has 26 heavy (non-hydrogen) atoms. The lowest BCUT2D eigenvalue weighted by Gasteiger charge is -2.28. The van der Waals surface area contributed by atoms with Gasteiger partial charge in [0, 0.05) is 30.8 Å². The predicted octanol–water partition coefficient (Wildman–Crippen LogP) is 3.61. The summed E-state index contributed by atoms with van der Waals surface area (Å²) in [5.74, 6) is 0.656. The number of nitrogens with one attached hydrogen (secondary N) is 1. The average molecular weight is 345 g/mol. The third-order valence-electron chi connectivity index (χ3n) is 5.23.